The molecule has 2 heterocycles. The van der Waals surface area contributed by atoms with E-state index in [0.717, 1.165) is 0 Å². The van der Waals surface area contributed by atoms with Crippen LogP contribution in [-0.4, -0.2) is 21.0 Å². The largest absolute Gasteiger partial charge is 0.477 e. The first-order chi connectivity index (χ1) is 10.1. The summed E-state index contributed by atoms with van der Waals surface area (Å²) in [5.41, 5.74) is 1.76. The normalized spacial score (nSPS) is 10.8. The second-order valence-electron chi connectivity index (χ2n) is 4.24. The summed E-state index contributed by atoms with van der Waals surface area (Å²) in [6.45, 7) is 0. The van der Waals surface area contributed by atoms with Crippen LogP contribution in [0.2, 0.25) is 0 Å². The summed E-state index contributed by atoms with van der Waals surface area (Å²) in [7, 11) is 0. The molecular formula is C14H8BrFN2O2S. The van der Waals surface area contributed by atoms with Crippen molar-refractivity contribution in [2.75, 3.05) is 0 Å². The van der Waals surface area contributed by atoms with Gasteiger partial charge in [0.05, 0.1) is 11.3 Å². The highest BCUT2D eigenvalue weighted by atomic mass is 79.9. The van der Waals surface area contributed by atoms with E-state index in [9.17, 15) is 9.18 Å². The second-order valence-corrected chi connectivity index (χ2v) is 5.95. The third kappa shape index (κ3) is 2.62. The minimum Gasteiger partial charge on any atom is -0.477 e. The number of halogens is 2. The molecule has 0 saturated heterocycles. The van der Waals surface area contributed by atoms with Crippen molar-refractivity contribution in [3.8, 4) is 21.8 Å². The predicted molar refractivity (Wildman–Crippen MR) is 82.0 cm³/mol. The second kappa shape index (κ2) is 5.42. The van der Waals surface area contributed by atoms with Gasteiger partial charge in [0.15, 0.2) is 0 Å². The molecular weight excluding hydrogens is 359 g/mol. The average molecular weight is 367 g/mol. The molecule has 3 rings (SSSR count). The molecule has 106 valence electrons. The van der Waals surface area contributed by atoms with Crippen LogP contribution in [0.25, 0.3) is 21.8 Å². The van der Waals surface area contributed by atoms with Crippen molar-refractivity contribution < 1.29 is 14.3 Å². The monoisotopic (exact) mass is 366 g/mol. The summed E-state index contributed by atoms with van der Waals surface area (Å²) in [5, 5.41) is 11.2. The molecule has 0 bridgehead atoms. The van der Waals surface area contributed by atoms with Gasteiger partial charge in [0.25, 0.3) is 0 Å². The zero-order valence-corrected chi connectivity index (χ0v) is 12.8. The number of carboxylic acids is 1. The summed E-state index contributed by atoms with van der Waals surface area (Å²) in [6, 6.07) is 6.23. The Bertz CT molecular complexity index is 808. The number of H-pyrrole nitrogens is 1. The van der Waals surface area contributed by atoms with Crippen LogP contribution in [0.1, 0.15) is 10.5 Å². The Kier molecular flexibility index (Phi) is 3.60. The summed E-state index contributed by atoms with van der Waals surface area (Å²) in [6.07, 6.45) is 1.57. The maximum Gasteiger partial charge on any atom is 0.352 e. The van der Waals surface area contributed by atoms with Gasteiger partial charge in [-0.25, -0.2) is 14.2 Å². The van der Waals surface area contributed by atoms with Crippen LogP contribution in [0.15, 0.2) is 40.3 Å². The minimum atomic E-state index is -1.03. The number of benzene rings is 1. The molecule has 7 heteroatoms. The van der Waals surface area contributed by atoms with Gasteiger partial charge in [0, 0.05) is 21.6 Å². The lowest BCUT2D eigenvalue weighted by atomic mass is 10.2. The van der Waals surface area contributed by atoms with E-state index >= 15 is 0 Å². The van der Waals surface area contributed by atoms with E-state index in [2.05, 4.69) is 25.9 Å². The zero-order chi connectivity index (χ0) is 15.0. The van der Waals surface area contributed by atoms with Crippen LogP contribution in [0.4, 0.5) is 4.39 Å². The predicted octanol–water partition coefficient (Wildman–Crippen LogP) is 4.41. The Morgan fingerprint density at radius 1 is 1.43 bits per heavy atom. The summed E-state index contributed by atoms with van der Waals surface area (Å²) in [4.78, 5) is 17.9. The number of thiazole rings is 1. The SMILES string of the molecule is O=C(O)c1cc(-c2csc(-c3c(F)cccc3Br)n2)c[nH]1. The number of carboxylic acid groups (broad SMARTS) is 1. The molecule has 0 fully saturated rings. The number of aromatic nitrogens is 2. The number of hydrogen-bond acceptors (Lipinski definition) is 3. The molecule has 0 aliphatic rings. The number of hydrogen-bond donors (Lipinski definition) is 2. The fraction of sp³-hybridized carbons (Fsp3) is 0. The van der Waals surface area contributed by atoms with Gasteiger partial charge in [-0.3, -0.25) is 0 Å². The molecule has 0 aliphatic heterocycles. The third-order valence-corrected chi connectivity index (χ3v) is 4.41. The van der Waals surface area contributed by atoms with E-state index in [-0.39, 0.29) is 11.5 Å². The van der Waals surface area contributed by atoms with Crippen LogP contribution in [0.5, 0.6) is 0 Å². The molecule has 3 aromatic rings. The Morgan fingerprint density at radius 2 is 2.24 bits per heavy atom. The van der Waals surface area contributed by atoms with Crippen molar-refractivity contribution in [2.24, 2.45) is 0 Å². The highest BCUT2D eigenvalue weighted by Gasteiger charge is 2.15. The molecule has 21 heavy (non-hydrogen) atoms. The molecule has 0 spiro atoms. The van der Waals surface area contributed by atoms with Crippen molar-refractivity contribution in [3.63, 3.8) is 0 Å². The van der Waals surface area contributed by atoms with Gasteiger partial charge in [0.2, 0.25) is 0 Å². The van der Waals surface area contributed by atoms with E-state index in [0.29, 0.717) is 26.3 Å². The van der Waals surface area contributed by atoms with Gasteiger partial charge >= 0.3 is 5.97 Å². The lowest BCUT2D eigenvalue weighted by Crippen LogP contribution is -1.94. The van der Waals surface area contributed by atoms with Crippen molar-refractivity contribution in [1.29, 1.82) is 0 Å². The maximum atomic E-state index is 13.9. The fourth-order valence-corrected chi connectivity index (χ4v) is 3.44. The number of carbonyl (C=O) groups is 1. The van der Waals surface area contributed by atoms with Crippen molar-refractivity contribution in [3.05, 3.63) is 51.8 Å². The molecule has 0 unspecified atom stereocenters. The molecule has 0 atom stereocenters. The highest BCUT2D eigenvalue weighted by Crippen LogP contribution is 2.35. The number of aromatic amines is 1. The Morgan fingerprint density at radius 3 is 2.90 bits per heavy atom. The zero-order valence-electron chi connectivity index (χ0n) is 10.4. The number of rotatable bonds is 3. The van der Waals surface area contributed by atoms with Gasteiger partial charge < -0.3 is 10.1 Å². The number of aromatic carboxylic acids is 1. The highest BCUT2D eigenvalue weighted by molar-refractivity contribution is 9.10. The summed E-state index contributed by atoms with van der Waals surface area (Å²) in [5.74, 6) is -1.39. The molecule has 4 nitrogen and oxygen atoms in total. The van der Waals surface area contributed by atoms with Crippen molar-refractivity contribution >= 4 is 33.2 Å². The topological polar surface area (TPSA) is 66.0 Å². The fourth-order valence-electron chi connectivity index (χ4n) is 1.89. The standard InChI is InChI=1S/C14H8BrFN2O2S/c15-8-2-1-3-9(16)12(8)13-18-11(6-21-13)7-4-10(14(19)20)17-5-7/h1-6,17H,(H,19,20). The number of nitrogens with one attached hydrogen (secondary N) is 1. The van der Waals surface area contributed by atoms with Crippen molar-refractivity contribution in [2.45, 2.75) is 0 Å². The van der Waals surface area contributed by atoms with Crippen LogP contribution < -0.4 is 0 Å². The Labute approximate surface area is 131 Å². The molecule has 0 saturated carbocycles. The number of nitrogens with zero attached hydrogens (tertiary/aromatic N) is 1. The van der Waals surface area contributed by atoms with E-state index in [1.807, 2.05) is 0 Å². The first-order valence-corrected chi connectivity index (χ1v) is 7.55. The average Bonchev–Trinajstić information content (AvgIpc) is 3.07. The van der Waals surface area contributed by atoms with E-state index in [4.69, 9.17) is 5.11 Å². The molecule has 0 radical (unpaired) electrons. The van der Waals surface area contributed by atoms with Crippen LogP contribution in [-0.2, 0) is 0 Å². The summed E-state index contributed by atoms with van der Waals surface area (Å²) >= 11 is 4.62. The molecule has 0 aliphatic carbocycles. The van der Waals surface area contributed by atoms with Crippen LogP contribution in [0, 0.1) is 5.82 Å². The Hall–Kier alpha value is -1.99. The van der Waals surface area contributed by atoms with Gasteiger partial charge in [-0.05, 0) is 34.1 Å². The smallest absolute Gasteiger partial charge is 0.352 e. The van der Waals surface area contributed by atoms with Crippen LogP contribution in [0.3, 0.4) is 0 Å². The first kappa shape index (κ1) is 14.0. The molecule has 1 aromatic carbocycles. The van der Waals surface area contributed by atoms with Crippen LogP contribution >= 0.6 is 27.3 Å². The lowest BCUT2D eigenvalue weighted by Gasteiger charge is -2.01. The van der Waals surface area contributed by atoms with Gasteiger partial charge in [-0.2, -0.15) is 0 Å². The van der Waals surface area contributed by atoms with Gasteiger partial charge in [-0.15, -0.1) is 11.3 Å². The lowest BCUT2D eigenvalue weighted by molar-refractivity contribution is 0.0691. The van der Waals surface area contributed by atoms with Crippen molar-refractivity contribution in [1.82, 2.24) is 9.97 Å². The molecule has 2 aromatic heterocycles. The first-order valence-electron chi connectivity index (χ1n) is 5.88. The quantitative estimate of drug-likeness (QED) is 0.721. The van der Waals surface area contributed by atoms with Gasteiger partial charge in [-0.1, -0.05) is 6.07 Å². The minimum absolute atomic E-state index is 0.0895. The maximum absolute atomic E-state index is 13.9. The van der Waals surface area contributed by atoms with E-state index in [1.54, 1.807) is 23.7 Å². The summed E-state index contributed by atoms with van der Waals surface area (Å²) < 4.78 is 14.5. The molecule has 0 amide bonds. The van der Waals surface area contributed by atoms with E-state index in [1.165, 1.54) is 23.5 Å². The van der Waals surface area contributed by atoms with E-state index < -0.39 is 5.97 Å². The van der Waals surface area contributed by atoms with Gasteiger partial charge in [0.1, 0.15) is 16.5 Å². The third-order valence-electron chi connectivity index (χ3n) is 2.89. The Balaban J connectivity index is 2.02. The molecule has 2 N–H and O–H groups in total.